The highest BCUT2D eigenvalue weighted by Crippen LogP contribution is 2.38. The lowest BCUT2D eigenvalue weighted by Gasteiger charge is -2.24. The number of aromatic carboxylic acids is 1. The standard InChI is InChI=1S/C30H30ClN3O7/c1-30(2,3)41-12-11-24(28(36)33-20-8-5-18(6-9-20)29(37)38)34-16-26(39-4)23(14-27(34)35)22-13-19(31)7-10-21(22)25-15-32-17-40-25/h5-10,13-17,24H,11-12H2,1-4H3,(H,33,36)(H,37,38). The fraction of sp³-hybridized carbons (Fsp3) is 0.267. The molecule has 0 bridgehead atoms. The zero-order chi connectivity index (χ0) is 29.7. The number of anilines is 1. The number of nitrogens with one attached hydrogen (secondary N) is 1. The number of ether oxygens (including phenoxy) is 2. The van der Waals surface area contributed by atoms with Crippen molar-refractivity contribution in [3.8, 4) is 28.2 Å². The maximum absolute atomic E-state index is 13.6. The number of hydrogen-bond acceptors (Lipinski definition) is 7. The molecule has 0 fully saturated rings. The summed E-state index contributed by atoms with van der Waals surface area (Å²) in [6.07, 6.45) is 4.52. The van der Waals surface area contributed by atoms with Gasteiger partial charge in [-0.1, -0.05) is 11.6 Å². The second kappa shape index (κ2) is 12.4. The van der Waals surface area contributed by atoms with Crippen LogP contribution in [0.3, 0.4) is 0 Å². The van der Waals surface area contributed by atoms with Gasteiger partial charge in [-0.3, -0.25) is 14.2 Å². The predicted octanol–water partition coefficient (Wildman–Crippen LogP) is 5.92. The molecule has 2 N–H and O–H groups in total. The summed E-state index contributed by atoms with van der Waals surface area (Å²) in [7, 11) is 1.47. The van der Waals surface area contributed by atoms with Crippen LogP contribution in [0.1, 0.15) is 43.6 Å². The van der Waals surface area contributed by atoms with Gasteiger partial charge < -0.3 is 24.3 Å². The average Bonchev–Trinajstić information content (AvgIpc) is 3.46. The van der Waals surface area contributed by atoms with Crippen molar-refractivity contribution >= 4 is 29.2 Å². The number of hydrogen-bond donors (Lipinski definition) is 2. The van der Waals surface area contributed by atoms with Gasteiger partial charge in [-0.2, -0.15) is 0 Å². The number of nitrogens with zero attached hydrogens (tertiary/aromatic N) is 2. The van der Waals surface area contributed by atoms with Gasteiger partial charge in [0.15, 0.2) is 12.2 Å². The molecule has 10 nitrogen and oxygen atoms in total. The first kappa shape index (κ1) is 29.6. The number of rotatable bonds is 10. The molecule has 0 aliphatic carbocycles. The third-order valence-electron chi connectivity index (χ3n) is 6.20. The zero-order valence-corrected chi connectivity index (χ0v) is 23.8. The van der Waals surface area contributed by atoms with Gasteiger partial charge in [0, 0.05) is 40.9 Å². The molecule has 2 aromatic carbocycles. The van der Waals surface area contributed by atoms with Crippen LogP contribution in [0, 0.1) is 0 Å². The predicted molar refractivity (Wildman–Crippen MR) is 155 cm³/mol. The van der Waals surface area contributed by atoms with Gasteiger partial charge in [0.05, 0.1) is 30.7 Å². The van der Waals surface area contributed by atoms with Crippen LogP contribution in [-0.2, 0) is 9.53 Å². The van der Waals surface area contributed by atoms with E-state index in [2.05, 4.69) is 10.3 Å². The molecule has 2 aromatic heterocycles. The average molecular weight is 580 g/mol. The first-order chi connectivity index (χ1) is 19.5. The van der Waals surface area contributed by atoms with Crippen LogP contribution in [-0.4, -0.2) is 45.9 Å². The minimum Gasteiger partial charge on any atom is -0.495 e. The van der Waals surface area contributed by atoms with Crippen LogP contribution >= 0.6 is 11.6 Å². The first-order valence-corrected chi connectivity index (χ1v) is 13.1. The molecule has 1 atom stereocenters. The van der Waals surface area contributed by atoms with Crippen molar-refractivity contribution in [2.45, 2.75) is 38.8 Å². The summed E-state index contributed by atoms with van der Waals surface area (Å²) in [5.74, 6) is -0.751. The fourth-order valence-corrected chi connectivity index (χ4v) is 4.42. The summed E-state index contributed by atoms with van der Waals surface area (Å²) in [5.41, 5.74) is 1.25. The highest BCUT2D eigenvalue weighted by molar-refractivity contribution is 6.31. The Hall–Kier alpha value is -4.41. The van der Waals surface area contributed by atoms with Gasteiger partial charge in [0.1, 0.15) is 11.8 Å². The van der Waals surface area contributed by atoms with Crippen LogP contribution in [0.25, 0.3) is 22.5 Å². The van der Waals surface area contributed by atoms with Crippen LogP contribution in [0.15, 0.2) is 76.5 Å². The van der Waals surface area contributed by atoms with E-state index in [1.807, 2.05) is 20.8 Å². The van der Waals surface area contributed by atoms with Gasteiger partial charge in [-0.25, -0.2) is 9.78 Å². The van der Waals surface area contributed by atoms with Crippen molar-refractivity contribution in [2.75, 3.05) is 19.0 Å². The minimum absolute atomic E-state index is 0.0837. The van der Waals surface area contributed by atoms with E-state index in [1.54, 1.807) is 24.4 Å². The number of amides is 1. The molecule has 1 amide bonds. The van der Waals surface area contributed by atoms with Crippen LogP contribution in [0.2, 0.25) is 5.02 Å². The molecule has 0 saturated carbocycles. The Morgan fingerprint density at radius 1 is 1.10 bits per heavy atom. The Morgan fingerprint density at radius 3 is 2.44 bits per heavy atom. The van der Waals surface area contributed by atoms with E-state index in [0.29, 0.717) is 38.9 Å². The van der Waals surface area contributed by atoms with Crippen molar-refractivity contribution in [1.29, 1.82) is 0 Å². The molecule has 4 rings (SSSR count). The number of pyridine rings is 1. The number of carboxylic acids is 1. The molecule has 0 aliphatic heterocycles. The number of aromatic nitrogens is 2. The summed E-state index contributed by atoms with van der Waals surface area (Å²) in [4.78, 5) is 42.3. The van der Waals surface area contributed by atoms with Crippen molar-refractivity contribution in [1.82, 2.24) is 9.55 Å². The Morgan fingerprint density at radius 2 is 1.83 bits per heavy atom. The van der Waals surface area contributed by atoms with E-state index in [0.717, 1.165) is 0 Å². The van der Waals surface area contributed by atoms with Gasteiger partial charge in [0.2, 0.25) is 5.91 Å². The third-order valence-corrected chi connectivity index (χ3v) is 6.43. The maximum atomic E-state index is 13.6. The number of halogens is 1. The van der Waals surface area contributed by atoms with E-state index in [9.17, 15) is 14.4 Å². The molecule has 41 heavy (non-hydrogen) atoms. The topological polar surface area (TPSA) is 133 Å². The fourth-order valence-electron chi connectivity index (χ4n) is 4.24. The molecule has 0 saturated heterocycles. The summed E-state index contributed by atoms with van der Waals surface area (Å²) in [6.45, 7) is 5.88. The first-order valence-electron chi connectivity index (χ1n) is 12.7. The third kappa shape index (κ3) is 7.22. The van der Waals surface area contributed by atoms with E-state index < -0.39 is 29.1 Å². The van der Waals surface area contributed by atoms with E-state index in [1.165, 1.54) is 54.6 Å². The van der Waals surface area contributed by atoms with E-state index in [-0.39, 0.29) is 18.6 Å². The molecule has 0 spiro atoms. The maximum Gasteiger partial charge on any atom is 0.335 e. The number of carbonyl (C=O) groups is 2. The van der Waals surface area contributed by atoms with E-state index in [4.69, 9.17) is 30.6 Å². The van der Waals surface area contributed by atoms with Crippen molar-refractivity contribution in [3.05, 3.63) is 88.3 Å². The second-order valence-electron chi connectivity index (χ2n) is 10.2. The summed E-state index contributed by atoms with van der Waals surface area (Å²) >= 11 is 6.31. The summed E-state index contributed by atoms with van der Waals surface area (Å²) < 4.78 is 18.3. The van der Waals surface area contributed by atoms with Crippen LogP contribution in [0.4, 0.5) is 5.69 Å². The monoisotopic (exact) mass is 579 g/mol. The molecular formula is C30H30ClN3O7. The number of methoxy groups -OCH3 is 1. The number of benzene rings is 2. The smallest absolute Gasteiger partial charge is 0.335 e. The molecule has 0 radical (unpaired) electrons. The Bertz CT molecular complexity index is 1590. The summed E-state index contributed by atoms with van der Waals surface area (Å²) in [5, 5.41) is 12.4. The van der Waals surface area contributed by atoms with Crippen LogP contribution in [0.5, 0.6) is 5.75 Å². The normalized spacial score (nSPS) is 12.1. The Kier molecular flexibility index (Phi) is 8.95. The highest BCUT2D eigenvalue weighted by atomic mass is 35.5. The summed E-state index contributed by atoms with van der Waals surface area (Å²) in [6, 6.07) is 11.3. The molecule has 2 heterocycles. The molecule has 11 heteroatoms. The lowest BCUT2D eigenvalue weighted by molar-refractivity contribution is -0.120. The Balaban J connectivity index is 1.75. The second-order valence-corrected chi connectivity index (χ2v) is 10.6. The molecule has 214 valence electrons. The lowest BCUT2D eigenvalue weighted by atomic mass is 9.98. The molecule has 1 unspecified atom stereocenters. The highest BCUT2D eigenvalue weighted by Gasteiger charge is 2.26. The van der Waals surface area contributed by atoms with Gasteiger partial charge in [0.25, 0.3) is 5.56 Å². The van der Waals surface area contributed by atoms with Gasteiger partial charge in [-0.05, 0) is 68.8 Å². The van der Waals surface area contributed by atoms with Crippen molar-refractivity contribution in [2.24, 2.45) is 0 Å². The lowest BCUT2D eigenvalue weighted by Crippen LogP contribution is -2.34. The largest absolute Gasteiger partial charge is 0.495 e. The molecule has 0 aliphatic rings. The number of carboxylic acid groups (broad SMARTS) is 1. The van der Waals surface area contributed by atoms with Crippen molar-refractivity contribution in [3.63, 3.8) is 0 Å². The number of carbonyl (C=O) groups excluding carboxylic acids is 1. The van der Waals surface area contributed by atoms with Gasteiger partial charge >= 0.3 is 5.97 Å². The van der Waals surface area contributed by atoms with Crippen molar-refractivity contribution < 1.29 is 28.6 Å². The molecule has 4 aromatic rings. The van der Waals surface area contributed by atoms with Gasteiger partial charge in [-0.15, -0.1) is 0 Å². The van der Waals surface area contributed by atoms with Crippen LogP contribution < -0.4 is 15.6 Å². The minimum atomic E-state index is -1.08. The number of oxazole rings is 1. The van der Waals surface area contributed by atoms with E-state index >= 15 is 0 Å². The zero-order valence-electron chi connectivity index (χ0n) is 23.0. The SMILES string of the molecule is COc1cn(C(CCOC(C)(C)C)C(=O)Nc2ccc(C(=O)O)cc2)c(=O)cc1-c1cc(Cl)ccc1-c1cnco1. The quantitative estimate of drug-likeness (QED) is 0.237. The Labute approximate surface area is 241 Å². The molecular weight excluding hydrogens is 550 g/mol.